The number of amides is 1. The molecule has 0 fully saturated rings. The summed E-state index contributed by atoms with van der Waals surface area (Å²) in [5.74, 6) is 1.16. The van der Waals surface area contributed by atoms with Crippen molar-refractivity contribution in [3.8, 4) is 5.75 Å². The molecule has 110 valence electrons. The number of hydrogen-bond acceptors (Lipinski definition) is 2. The first-order chi connectivity index (χ1) is 10.2. The molecule has 0 radical (unpaired) electrons. The molecule has 2 aromatic rings. The zero-order valence-corrected chi connectivity index (χ0v) is 12.5. The summed E-state index contributed by atoms with van der Waals surface area (Å²) in [4.78, 5) is 12.0. The van der Waals surface area contributed by atoms with E-state index < -0.39 is 0 Å². The maximum atomic E-state index is 12.0. The molecule has 0 saturated carbocycles. The molecule has 0 saturated heterocycles. The fraction of sp³-hybridized carbons (Fsp3) is 0.278. The van der Waals surface area contributed by atoms with Crippen molar-refractivity contribution in [3.63, 3.8) is 0 Å². The molecule has 0 aromatic heterocycles. The summed E-state index contributed by atoms with van der Waals surface area (Å²) >= 11 is 0. The average molecular weight is 283 g/mol. The van der Waals surface area contributed by atoms with Crippen LogP contribution in [0, 0.1) is 0 Å². The van der Waals surface area contributed by atoms with Crippen molar-refractivity contribution < 1.29 is 9.53 Å². The predicted molar refractivity (Wildman–Crippen MR) is 84.6 cm³/mol. The van der Waals surface area contributed by atoms with Crippen LogP contribution in [0.25, 0.3) is 0 Å². The van der Waals surface area contributed by atoms with Crippen LogP contribution in [0.1, 0.15) is 24.0 Å². The molecule has 0 aliphatic rings. The van der Waals surface area contributed by atoms with Gasteiger partial charge in [0.2, 0.25) is 5.91 Å². The van der Waals surface area contributed by atoms with Gasteiger partial charge in [0, 0.05) is 6.54 Å². The number of methoxy groups -OCH3 is 1. The van der Waals surface area contributed by atoms with Gasteiger partial charge in [-0.25, -0.2) is 0 Å². The molecule has 0 spiro atoms. The van der Waals surface area contributed by atoms with E-state index in [1.807, 2.05) is 42.5 Å². The van der Waals surface area contributed by atoms with Crippen LogP contribution in [-0.4, -0.2) is 19.6 Å². The second-order valence-corrected chi connectivity index (χ2v) is 5.14. The first-order valence-electron chi connectivity index (χ1n) is 7.13. The van der Waals surface area contributed by atoms with Gasteiger partial charge in [-0.15, -0.1) is 0 Å². The van der Waals surface area contributed by atoms with Gasteiger partial charge in [-0.1, -0.05) is 49.4 Å². The summed E-state index contributed by atoms with van der Waals surface area (Å²) < 4.78 is 5.10. The van der Waals surface area contributed by atoms with Gasteiger partial charge in [-0.3, -0.25) is 4.79 Å². The van der Waals surface area contributed by atoms with E-state index in [2.05, 4.69) is 24.4 Å². The summed E-state index contributed by atoms with van der Waals surface area (Å²) in [5.41, 5.74) is 2.22. The van der Waals surface area contributed by atoms with Gasteiger partial charge in [-0.05, 0) is 29.2 Å². The highest BCUT2D eigenvalue weighted by Crippen LogP contribution is 2.14. The number of rotatable bonds is 6. The Hall–Kier alpha value is -2.29. The van der Waals surface area contributed by atoms with Crippen molar-refractivity contribution in [2.24, 2.45) is 0 Å². The van der Waals surface area contributed by atoms with Gasteiger partial charge >= 0.3 is 0 Å². The third kappa shape index (κ3) is 4.63. The van der Waals surface area contributed by atoms with Gasteiger partial charge in [-0.2, -0.15) is 0 Å². The fourth-order valence-electron chi connectivity index (χ4n) is 2.16. The van der Waals surface area contributed by atoms with Gasteiger partial charge < -0.3 is 10.1 Å². The van der Waals surface area contributed by atoms with Crippen LogP contribution in [0.3, 0.4) is 0 Å². The second-order valence-electron chi connectivity index (χ2n) is 5.14. The van der Waals surface area contributed by atoms with Crippen molar-refractivity contribution in [1.82, 2.24) is 5.32 Å². The zero-order chi connectivity index (χ0) is 15.1. The van der Waals surface area contributed by atoms with E-state index >= 15 is 0 Å². The Kier molecular flexibility index (Phi) is 5.38. The highest BCUT2D eigenvalue weighted by molar-refractivity contribution is 5.78. The maximum absolute atomic E-state index is 12.0. The van der Waals surface area contributed by atoms with Crippen LogP contribution in [0.15, 0.2) is 54.6 Å². The lowest BCUT2D eigenvalue weighted by atomic mass is 10.0. The van der Waals surface area contributed by atoms with Crippen molar-refractivity contribution >= 4 is 5.91 Å². The smallest absolute Gasteiger partial charge is 0.224 e. The summed E-state index contributed by atoms with van der Waals surface area (Å²) in [6, 6.07) is 17.8. The van der Waals surface area contributed by atoms with E-state index in [0.717, 1.165) is 11.3 Å². The zero-order valence-electron chi connectivity index (χ0n) is 12.5. The first kappa shape index (κ1) is 15.1. The molecule has 2 rings (SSSR count). The van der Waals surface area contributed by atoms with E-state index in [4.69, 9.17) is 4.74 Å². The molecule has 21 heavy (non-hydrogen) atoms. The van der Waals surface area contributed by atoms with Crippen LogP contribution < -0.4 is 10.1 Å². The normalized spacial score (nSPS) is 11.7. The molecule has 0 bridgehead atoms. The molecule has 1 N–H and O–H groups in total. The molecular weight excluding hydrogens is 262 g/mol. The summed E-state index contributed by atoms with van der Waals surface area (Å²) in [6.45, 7) is 2.77. The van der Waals surface area contributed by atoms with Crippen molar-refractivity contribution in [2.45, 2.75) is 19.3 Å². The number of carbonyl (C=O) groups excluding carboxylic acids is 1. The monoisotopic (exact) mass is 283 g/mol. The summed E-state index contributed by atoms with van der Waals surface area (Å²) in [6.07, 6.45) is 0.394. The lowest BCUT2D eigenvalue weighted by molar-refractivity contribution is -0.120. The molecular formula is C18H21NO2. The SMILES string of the molecule is COc1ccc(CC(=O)NCC(C)c2ccccc2)cc1. The van der Waals surface area contributed by atoms with Crippen molar-refractivity contribution in [1.29, 1.82) is 0 Å². The number of ether oxygens (including phenoxy) is 1. The standard InChI is InChI=1S/C18H21NO2/c1-14(16-6-4-3-5-7-16)13-19-18(20)12-15-8-10-17(21-2)11-9-15/h3-11,14H,12-13H2,1-2H3,(H,19,20). The number of benzene rings is 2. The Bertz CT molecular complexity index is 564. The van der Waals surface area contributed by atoms with Crippen LogP contribution in [-0.2, 0) is 11.2 Å². The molecule has 3 nitrogen and oxygen atoms in total. The lowest BCUT2D eigenvalue weighted by Gasteiger charge is -2.13. The molecule has 0 aliphatic heterocycles. The van der Waals surface area contributed by atoms with Crippen LogP contribution >= 0.6 is 0 Å². The number of hydrogen-bond donors (Lipinski definition) is 1. The molecule has 1 unspecified atom stereocenters. The average Bonchev–Trinajstić information content (AvgIpc) is 2.54. The highest BCUT2D eigenvalue weighted by atomic mass is 16.5. The van der Waals surface area contributed by atoms with E-state index in [9.17, 15) is 4.79 Å². The van der Waals surface area contributed by atoms with E-state index in [1.165, 1.54) is 5.56 Å². The largest absolute Gasteiger partial charge is 0.497 e. The van der Waals surface area contributed by atoms with Crippen LogP contribution in [0.4, 0.5) is 0 Å². The summed E-state index contributed by atoms with van der Waals surface area (Å²) in [7, 11) is 1.63. The van der Waals surface area contributed by atoms with Gasteiger partial charge in [0.1, 0.15) is 5.75 Å². The van der Waals surface area contributed by atoms with E-state index in [-0.39, 0.29) is 5.91 Å². The van der Waals surface area contributed by atoms with E-state index in [1.54, 1.807) is 7.11 Å². The fourth-order valence-corrected chi connectivity index (χ4v) is 2.16. The highest BCUT2D eigenvalue weighted by Gasteiger charge is 2.08. The number of nitrogens with one attached hydrogen (secondary N) is 1. The summed E-state index contributed by atoms with van der Waals surface area (Å²) in [5, 5.41) is 2.99. The third-order valence-electron chi connectivity index (χ3n) is 3.50. The molecule has 1 atom stereocenters. The second kappa shape index (κ2) is 7.48. The Morgan fingerprint density at radius 3 is 2.38 bits per heavy atom. The Morgan fingerprint density at radius 1 is 1.10 bits per heavy atom. The number of carbonyl (C=O) groups is 1. The van der Waals surface area contributed by atoms with E-state index in [0.29, 0.717) is 18.9 Å². The van der Waals surface area contributed by atoms with Crippen molar-refractivity contribution in [2.75, 3.05) is 13.7 Å². The molecule has 3 heteroatoms. The van der Waals surface area contributed by atoms with Crippen LogP contribution in [0.5, 0.6) is 5.75 Å². The Balaban J connectivity index is 1.81. The quantitative estimate of drug-likeness (QED) is 0.884. The van der Waals surface area contributed by atoms with Gasteiger partial charge in [0.25, 0.3) is 0 Å². The lowest BCUT2D eigenvalue weighted by Crippen LogP contribution is -2.28. The van der Waals surface area contributed by atoms with Gasteiger partial charge in [0.15, 0.2) is 0 Å². The first-order valence-corrected chi connectivity index (χ1v) is 7.13. The minimum absolute atomic E-state index is 0.0444. The molecule has 0 aliphatic carbocycles. The molecule has 2 aromatic carbocycles. The predicted octanol–water partition coefficient (Wildman–Crippen LogP) is 3.16. The Morgan fingerprint density at radius 2 is 1.76 bits per heavy atom. The third-order valence-corrected chi connectivity index (χ3v) is 3.50. The minimum atomic E-state index is 0.0444. The minimum Gasteiger partial charge on any atom is -0.497 e. The van der Waals surface area contributed by atoms with Gasteiger partial charge in [0.05, 0.1) is 13.5 Å². The van der Waals surface area contributed by atoms with Crippen molar-refractivity contribution in [3.05, 3.63) is 65.7 Å². The Labute approximate surface area is 126 Å². The molecule has 1 amide bonds. The van der Waals surface area contributed by atoms with Crippen LogP contribution in [0.2, 0.25) is 0 Å². The topological polar surface area (TPSA) is 38.3 Å². The maximum Gasteiger partial charge on any atom is 0.224 e. The molecule has 0 heterocycles.